The summed E-state index contributed by atoms with van der Waals surface area (Å²) in [6.07, 6.45) is 1.74. The molecule has 0 radical (unpaired) electrons. The van der Waals surface area contributed by atoms with Gasteiger partial charge in [-0.25, -0.2) is 0 Å². The van der Waals surface area contributed by atoms with Crippen LogP contribution in [0.3, 0.4) is 0 Å². The van der Waals surface area contributed by atoms with E-state index in [1.165, 1.54) is 11.8 Å². The topological polar surface area (TPSA) is 88.9 Å². The van der Waals surface area contributed by atoms with Gasteiger partial charge in [-0.2, -0.15) is 0 Å². The third-order valence-electron chi connectivity index (χ3n) is 4.91. The Morgan fingerprint density at radius 2 is 1.78 bits per heavy atom. The van der Waals surface area contributed by atoms with Gasteiger partial charge in [0.2, 0.25) is 5.91 Å². The summed E-state index contributed by atoms with van der Waals surface area (Å²) >= 11 is 1.30. The van der Waals surface area contributed by atoms with E-state index in [4.69, 9.17) is 0 Å². The van der Waals surface area contributed by atoms with Crippen molar-refractivity contribution >= 4 is 29.3 Å². The number of hydrogen-bond acceptors (Lipinski definition) is 5. The van der Waals surface area contributed by atoms with E-state index in [1.54, 1.807) is 18.2 Å². The van der Waals surface area contributed by atoms with E-state index >= 15 is 0 Å². The highest BCUT2D eigenvalue weighted by atomic mass is 32.2. The Kier molecular flexibility index (Phi) is 7.83. The van der Waals surface area contributed by atoms with Gasteiger partial charge in [0.1, 0.15) is 0 Å². The number of rotatable bonds is 9. The molecule has 1 heterocycles. The van der Waals surface area contributed by atoms with Gasteiger partial charge in [-0.15, -0.1) is 16.8 Å². The van der Waals surface area contributed by atoms with Gasteiger partial charge in [-0.3, -0.25) is 9.59 Å². The van der Waals surface area contributed by atoms with Crippen LogP contribution in [0, 0.1) is 13.8 Å². The third kappa shape index (κ3) is 5.64. The molecule has 2 N–H and O–H groups in total. The molecule has 1 aromatic heterocycles. The van der Waals surface area contributed by atoms with Crippen LogP contribution in [0.15, 0.2) is 66.3 Å². The van der Waals surface area contributed by atoms with Crippen molar-refractivity contribution in [1.29, 1.82) is 0 Å². The zero-order valence-electron chi connectivity index (χ0n) is 18.5. The fourth-order valence-electron chi connectivity index (χ4n) is 3.28. The highest BCUT2D eigenvalue weighted by molar-refractivity contribution is 7.99. The molecule has 0 bridgehead atoms. The number of carbonyl (C=O) groups is 2. The van der Waals surface area contributed by atoms with Gasteiger partial charge in [0.25, 0.3) is 5.91 Å². The van der Waals surface area contributed by atoms with Gasteiger partial charge in [0, 0.05) is 17.8 Å². The molecule has 8 heteroatoms. The normalized spacial score (nSPS) is 11.6. The van der Waals surface area contributed by atoms with Crippen LogP contribution < -0.4 is 10.6 Å². The number of amides is 2. The minimum Gasteiger partial charge on any atom is -0.342 e. The summed E-state index contributed by atoms with van der Waals surface area (Å²) in [5, 5.41) is 15.0. The summed E-state index contributed by atoms with van der Waals surface area (Å²) in [6.45, 7) is 10.1. The maximum absolute atomic E-state index is 12.5. The Morgan fingerprint density at radius 1 is 1.09 bits per heavy atom. The lowest BCUT2D eigenvalue weighted by molar-refractivity contribution is -0.113. The maximum Gasteiger partial charge on any atom is 0.251 e. The van der Waals surface area contributed by atoms with Gasteiger partial charge in [0.15, 0.2) is 11.0 Å². The quantitative estimate of drug-likeness (QED) is 0.376. The molecule has 32 heavy (non-hydrogen) atoms. The van der Waals surface area contributed by atoms with E-state index in [0.29, 0.717) is 23.1 Å². The van der Waals surface area contributed by atoms with Gasteiger partial charge in [-0.05, 0) is 44.0 Å². The van der Waals surface area contributed by atoms with Crippen LogP contribution in [0.5, 0.6) is 0 Å². The molecule has 1 atom stereocenters. The highest BCUT2D eigenvalue weighted by Gasteiger charge is 2.20. The molecule has 166 valence electrons. The molecular formula is C24H27N5O2S. The largest absolute Gasteiger partial charge is 0.342 e. The minimum atomic E-state index is -0.368. The third-order valence-corrected chi connectivity index (χ3v) is 5.87. The second-order valence-electron chi connectivity index (χ2n) is 7.40. The van der Waals surface area contributed by atoms with E-state index in [9.17, 15) is 9.59 Å². The monoisotopic (exact) mass is 449 g/mol. The van der Waals surface area contributed by atoms with Crippen molar-refractivity contribution in [2.45, 2.75) is 38.5 Å². The van der Waals surface area contributed by atoms with E-state index in [2.05, 4.69) is 27.4 Å². The first-order chi connectivity index (χ1) is 15.4. The zero-order chi connectivity index (χ0) is 23.1. The number of allylic oxidation sites excluding steroid dienone is 1. The Morgan fingerprint density at radius 3 is 2.44 bits per heavy atom. The van der Waals surface area contributed by atoms with Crippen LogP contribution in [0.4, 0.5) is 5.69 Å². The number of aryl methyl sites for hydroxylation is 2. The van der Waals surface area contributed by atoms with Crippen molar-refractivity contribution < 1.29 is 9.59 Å². The smallest absolute Gasteiger partial charge is 0.251 e. The average Bonchev–Trinajstić information content (AvgIpc) is 3.18. The van der Waals surface area contributed by atoms with E-state index in [-0.39, 0.29) is 23.6 Å². The van der Waals surface area contributed by atoms with Crippen molar-refractivity contribution in [3.8, 4) is 0 Å². The summed E-state index contributed by atoms with van der Waals surface area (Å²) in [5.74, 6) is 0.487. The molecule has 0 aliphatic rings. The summed E-state index contributed by atoms with van der Waals surface area (Å²) < 4.78 is 1.86. The SMILES string of the molecule is C=CCn1c(SCC(=O)Nc2c(C)cccc2C)nnc1[C@H](C)NC(=O)c1ccccc1. The minimum absolute atomic E-state index is 0.118. The highest BCUT2D eigenvalue weighted by Crippen LogP contribution is 2.23. The number of carbonyl (C=O) groups excluding carboxylic acids is 2. The fraction of sp³-hybridized carbons (Fsp3) is 0.250. The summed E-state index contributed by atoms with van der Waals surface area (Å²) in [4.78, 5) is 25.0. The Bertz CT molecular complexity index is 1090. The molecule has 0 saturated carbocycles. The second kappa shape index (κ2) is 10.8. The van der Waals surface area contributed by atoms with E-state index in [0.717, 1.165) is 16.8 Å². The fourth-order valence-corrected chi connectivity index (χ4v) is 4.03. The predicted molar refractivity (Wildman–Crippen MR) is 128 cm³/mol. The summed E-state index contributed by atoms with van der Waals surface area (Å²) in [5.41, 5.74) is 3.45. The number of anilines is 1. The van der Waals surface area contributed by atoms with Crippen molar-refractivity contribution in [2.24, 2.45) is 0 Å². The van der Waals surface area contributed by atoms with Crippen LogP contribution in [0.1, 0.15) is 40.3 Å². The van der Waals surface area contributed by atoms with Crippen LogP contribution in [-0.2, 0) is 11.3 Å². The lowest BCUT2D eigenvalue weighted by Crippen LogP contribution is -2.28. The second-order valence-corrected chi connectivity index (χ2v) is 8.35. The molecule has 0 saturated heterocycles. The maximum atomic E-state index is 12.5. The van der Waals surface area contributed by atoms with Crippen molar-refractivity contribution in [3.05, 3.63) is 83.7 Å². The molecule has 0 unspecified atom stereocenters. The van der Waals surface area contributed by atoms with Gasteiger partial charge >= 0.3 is 0 Å². The molecule has 0 aliphatic heterocycles. The summed E-state index contributed by atoms with van der Waals surface area (Å²) in [7, 11) is 0. The molecule has 2 aromatic carbocycles. The molecular weight excluding hydrogens is 422 g/mol. The molecule has 2 amide bonds. The predicted octanol–water partition coefficient (Wildman–Crippen LogP) is 4.30. The first-order valence-electron chi connectivity index (χ1n) is 10.3. The number of benzene rings is 2. The number of hydrogen-bond donors (Lipinski definition) is 2. The molecule has 0 spiro atoms. The Labute approximate surface area is 192 Å². The molecule has 7 nitrogen and oxygen atoms in total. The molecule has 3 rings (SSSR count). The first kappa shape index (κ1) is 23.3. The van der Waals surface area contributed by atoms with Gasteiger partial charge < -0.3 is 15.2 Å². The number of nitrogens with zero attached hydrogens (tertiary/aromatic N) is 3. The molecule has 0 aliphatic carbocycles. The van der Waals surface area contributed by atoms with Crippen molar-refractivity contribution in [1.82, 2.24) is 20.1 Å². The lowest BCUT2D eigenvalue weighted by atomic mass is 10.1. The van der Waals surface area contributed by atoms with Crippen LogP contribution in [-0.4, -0.2) is 32.3 Å². The van der Waals surface area contributed by atoms with Gasteiger partial charge in [-0.1, -0.05) is 54.2 Å². The molecule has 3 aromatic rings. The number of aromatic nitrogens is 3. The van der Waals surface area contributed by atoms with E-state index < -0.39 is 0 Å². The number of para-hydroxylation sites is 1. The van der Waals surface area contributed by atoms with Crippen LogP contribution in [0.2, 0.25) is 0 Å². The Hall–Kier alpha value is -3.39. The van der Waals surface area contributed by atoms with Crippen molar-refractivity contribution in [2.75, 3.05) is 11.1 Å². The first-order valence-corrected chi connectivity index (χ1v) is 11.3. The van der Waals surface area contributed by atoms with Crippen molar-refractivity contribution in [3.63, 3.8) is 0 Å². The van der Waals surface area contributed by atoms with Gasteiger partial charge in [0.05, 0.1) is 11.8 Å². The van der Waals surface area contributed by atoms with E-state index in [1.807, 2.05) is 61.7 Å². The molecule has 0 fully saturated rings. The standard InChI is InChI=1S/C24H27N5O2S/c1-5-14-29-22(18(4)25-23(31)19-12-7-6-8-13-19)27-28-24(29)32-15-20(30)26-21-16(2)10-9-11-17(21)3/h5-13,18H,1,14-15H2,2-4H3,(H,25,31)(H,26,30)/t18-/m0/s1. The average molecular weight is 450 g/mol. The van der Waals surface area contributed by atoms with Crippen LogP contribution in [0.25, 0.3) is 0 Å². The number of thioether (sulfide) groups is 1. The Balaban J connectivity index is 1.68. The summed E-state index contributed by atoms with van der Waals surface area (Å²) in [6, 6.07) is 14.5. The number of nitrogens with one attached hydrogen (secondary N) is 2. The van der Waals surface area contributed by atoms with Crippen LogP contribution >= 0.6 is 11.8 Å². The lowest BCUT2D eigenvalue weighted by Gasteiger charge is -2.15. The zero-order valence-corrected chi connectivity index (χ0v) is 19.3.